The number of carbonyl (C=O) groups is 2. The third-order valence-corrected chi connectivity index (χ3v) is 6.79. The number of aliphatic hydroxyl groups is 1. The number of hydrogen-bond donors (Lipinski definition) is 2. The summed E-state index contributed by atoms with van der Waals surface area (Å²) in [5.41, 5.74) is 2.24. The van der Waals surface area contributed by atoms with Gasteiger partial charge in [-0.1, -0.05) is 44.2 Å². The van der Waals surface area contributed by atoms with Crippen LogP contribution in [0.4, 0.5) is 0 Å². The second kappa shape index (κ2) is 9.58. The van der Waals surface area contributed by atoms with E-state index in [4.69, 9.17) is 0 Å². The van der Waals surface area contributed by atoms with E-state index in [1.165, 1.54) is 21.8 Å². The normalized spacial score (nSPS) is 16.9. The number of quaternary nitrogens is 1. The second-order valence-electron chi connectivity index (χ2n) is 8.00. The monoisotopic (exact) mass is 427 g/mol. The largest absolute Gasteiger partial charge is 0.503 e. The first-order valence-electron chi connectivity index (χ1n) is 10.6. The minimum atomic E-state index is -0.566. The summed E-state index contributed by atoms with van der Waals surface area (Å²) in [5, 5.41) is 12.5. The summed E-state index contributed by atoms with van der Waals surface area (Å²) in [6, 6.07) is 11.0. The van der Waals surface area contributed by atoms with Crippen LogP contribution in [0.2, 0.25) is 0 Å². The smallest absolute Gasteiger partial charge is 0.290 e. The van der Waals surface area contributed by atoms with Crippen molar-refractivity contribution in [2.75, 3.05) is 26.2 Å². The number of likely N-dealkylation sites (N-methyl/N-ethyl adjacent to an activating group) is 1. The van der Waals surface area contributed by atoms with Gasteiger partial charge in [0.15, 0.2) is 5.76 Å². The van der Waals surface area contributed by atoms with Crippen LogP contribution in [0.1, 0.15) is 60.5 Å². The summed E-state index contributed by atoms with van der Waals surface area (Å²) >= 11 is 1.32. The third kappa shape index (κ3) is 4.35. The molecule has 2 N–H and O–H groups in total. The third-order valence-electron chi connectivity index (χ3n) is 5.92. The number of nitrogens with one attached hydrogen (secondary N) is 1. The summed E-state index contributed by atoms with van der Waals surface area (Å²) in [5.74, 6) is -0.755. The second-order valence-corrected chi connectivity index (χ2v) is 8.95. The van der Waals surface area contributed by atoms with Crippen molar-refractivity contribution in [2.45, 2.75) is 39.7 Å². The lowest BCUT2D eigenvalue weighted by Gasteiger charge is -2.28. The quantitative estimate of drug-likeness (QED) is 0.603. The fourth-order valence-electron chi connectivity index (χ4n) is 3.95. The molecule has 0 radical (unpaired) electrons. The van der Waals surface area contributed by atoms with Gasteiger partial charge in [0, 0.05) is 0 Å². The molecule has 0 fully saturated rings. The Kier molecular flexibility index (Phi) is 7.10. The maximum absolute atomic E-state index is 13.2. The van der Waals surface area contributed by atoms with Crippen molar-refractivity contribution in [3.8, 4) is 0 Å². The van der Waals surface area contributed by atoms with Crippen LogP contribution in [0.3, 0.4) is 0 Å². The Bertz CT molecular complexity index is 912. The fourth-order valence-corrected chi connectivity index (χ4v) is 4.63. The van der Waals surface area contributed by atoms with Gasteiger partial charge in [-0.2, -0.15) is 0 Å². The number of ketones is 1. The number of amides is 1. The van der Waals surface area contributed by atoms with Gasteiger partial charge in [-0.25, -0.2) is 0 Å². The maximum atomic E-state index is 13.2. The summed E-state index contributed by atoms with van der Waals surface area (Å²) in [6.45, 7) is 11.7. The zero-order chi connectivity index (χ0) is 21.8. The topological polar surface area (TPSA) is 62.1 Å². The van der Waals surface area contributed by atoms with Crippen LogP contribution in [-0.2, 0) is 4.79 Å². The molecule has 2 aromatic rings. The Morgan fingerprint density at radius 3 is 2.37 bits per heavy atom. The van der Waals surface area contributed by atoms with Gasteiger partial charge in [-0.15, -0.1) is 11.3 Å². The van der Waals surface area contributed by atoms with Gasteiger partial charge in [-0.3, -0.25) is 9.59 Å². The van der Waals surface area contributed by atoms with E-state index in [1.807, 2.05) is 29.6 Å². The standard InChI is InChI=1S/C24H30N2O3S/c1-5-25(6-2)13-14-26-21(18-11-9-17(10-12-18)16(3)4)20(23(28)24(26)29)22(27)19-8-7-15-30-19/h7-12,15-16,21,28H,5-6,13-14H2,1-4H3/p+1/t21-/m1/s1. The Balaban J connectivity index is 2.00. The van der Waals surface area contributed by atoms with Crippen LogP contribution < -0.4 is 4.90 Å². The highest BCUT2D eigenvalue weighted by Gasteiger charge is 2.44. The molecule has 1 atom stereocenters. The van der Waals surface area contributed by atoms with Crippen LogP contribution in [0.5, 0.6) is 0 Å². The number of aliphatic hydroxyl groups excluding tert-OH is 1. The van der Waals surface area contributed by atoms with Crippen LogP contribution in [0, 0.1) is 0 Å². The molecule has 0 unspecified atom stereocenters. The van der Waals surface area contributed by atoms with Crippen LogP contribution in [0.25, 0.3) is 0 Å². The van der Waals surface area contributed by atoms with Gasteiger partial charge in [0.2, 0.25) is 5.78 Å². The molecule has 2 heterocycles. The van der Waals surface area contributed by atoms with Crippen molar-refractivity contribution in [1.82, 2.24) is 4.90 Å². The minimum absolute atomic E-state index is 0.189. The molecule has 1 aromatic carbocycles. The summed E-state index contributed by atoms with van der Waals surface area (Å²) in [4.78, 5) is 29.8. The average Bonchev–Trinajstić information content (AvgIpc) is 3.37. The van der Waals surface area contributed by atoms with E-state index in [1.54, 1.807) is 17.0 Å². The molecule has 0 saturated carbocycles. The van der Waals surface area contributed by atoms with E-state index in [0.29, 0.717) is 17.3 Å². The van der Waals surface area contributed by atoms with Gasteiger partial charge >= 0.3 is 0 Å². The van der Waals surface area contributed by atoms with Gasteiger partial charge in [0.25, 0.3) is 5.91 Å². The summed E-state index contributed by atoms with van der Waals surface area (Å²) < 4.78 is 0. The van der Waals surface area contributed by atoms with Gasteiger partial charge in [-0.05, 0) is 42.3 Å². The lowest BCUT2D eigenvalue weighted by molar-refractivity contribution is -0.895. The Morgan fingerprint density at radius 1 is 1.17 bits per heavy atom. The first-order chi connectivity index (χ1) is 14.4. The SMILES string of the molecule is CC[NH+](CC)CCN1C(=O)C(O)=C(C(=O)c2cccs2)[C@H]1c1ccc(C(C)C)cc1. The van der Waals surface area contributed by atoms with E-state index in [0.717, 1.165) is 25.2 Å². The highest BCUT2D eigenvalue weighted by atomic mass is 32.1. The van der Waals surface area contributed by atoms with E-state index < -0.39 is 17.7 Å². The molecule has 0 spiro atoms. The molecule has 160 valence electrons. The number of rotatable bonds is 9. The van der Waals surface area contributed by atoms with Crippen LogP contribution in [0.15, 0.2) is 53.1 Å². The summed E-state index contributed by atoms with van der Waals surface area (Å²) in [7, 11) is 0. The lowest BCUT2D eigenvalue weighted by atomic mass is 9.93. The number of hydrogen-bond acceptors (Lipinski definition) is 4. The van der Waals surface area contributed by atoms with Gasteiger partial charge < -0.3 is 14.9 Å². The predicted molar refractivity (Wildman–Crippen MR) is 120 cm³/mol. The first-order valence-corrected chi connectivity index (χ1v) is 11.5. The predicted octanol–water partition coefficient (Wildman–Crippen LogP) is 3.37. The van der Waals surface area contributed by atoms with Crippen molar-refractivity contribution in [1.29, 1.82) is 0 Å². The van der Waals surface area contributed by atoms with Crippen molar-refractivity contribution >= 4 is 23.0 Å². The average molecular weight is 428 g/mol. The molecule has 0 aliphatic carbocycles. The Morgan fingerprint density at radius 2 is 1.83 bits per heavy atom. The molecule has 3 rings (SSSR count). The Hall–Kier alpha value is -2.44. The molecule has 1 aromatic heterocycles. The van der Waals surface area contributed by atoms with Crippen LogP contribution >= 0.6 is 11.3 Å². The maximum Gasteiger partial charge on any atom is 0.290 e. The van der Waals surface area contributed by atoms with E-state index >= 15 is 0 Å². The van der Waals surface area contributed by atoms with Crippen molar-refractivity contribution in [3.63, 3.8) is 0 Å². The van der Waals surface area contributed by atoms with Crippen molar-refractivity contribution in [3.05, 3.63) is 69.1 Å². The minimum Gasteiger partial charge on any atom is -0.503 e. The molecule has 1 amide bonds. The fraction of sp³-hybridized carbons (Fsp3) is 0.417. The molecular formula is C24H31N2O3S+. The number of thiophene rings is 1. The zero-order valence-corrected chi connectivity index (χ0v) is 19.0. The van der Waals surface area contributed by atoms with E-state index in [2.05, 4.69) is 27.7 Å². The molecule has 1 aliphatic heterocycles. The van der Waals surface area contributed by atoms with Gasteiger partial charge in [0.05, 0.1) is 42.7 Å². The summed E-state index contributed by atoms with van der Waals surface area (Å²) in [6.07, 6.45) is 0. The number of Topliss-reactive ketones (excluding diaryl/α,β-unsaturated/α-hetero) is 1. The van der Waals surface area contributed by atoms with E-state index in [-0.39, 0.29) is 11.4 Å². The number of benzene rings is 1. The first kappa shape index (κ1) is 22.2. The molecule has 5 nitrogen and oxygen atoms in total. The van der Waals surface area contributed by atoms with Crippen LogP contribution in [-0.4, -0.2) is 47.9 Å². The number of nitrogens with zero attached hydrogens (tertiary/aromatic N) is 1. The van der Waals surface area contributed by atoms with Crippen molar-refractivity contribution in [2.24, 2.45) is 0 Å². The highest BCUT2D eigenvalue weighted by molar-refractivity contribution is 7.12. The molecular weight excluding hydrogens is 396 g/mol. The lowest BCUT2D eigenvalue weighted by Crippen LogP contribution is -3.12. The molecule has 1 aliphatic rings. The molecule has 6 heteroatoms. The van der Waals surface area contributed by atoms with E-state index in [9.17, 15) is 14.7 Å². The van der Waals surface area contributed by atoms with Gasteiger partial charge in [0.1, 0.15) is 0 Å². The molecule has 30 heavy (non-hydrogen) atoms. The number of carbonyl (C=O) groups excluding carboxylic acids is 2. The van der Waals surface area contributed by atoms with Crippen molar-refractivity contribution < 1.29 is 19.6 Å². The highest BCUT2D eigenvalue weighted by Crippen LogP contribution is 2.39. The zero-order valence-electron chi connectivity index (χ0n) is 18.1. The Labute approximate surface area is 182 Å². The molecule has 0 bridgehead atoms. The molecule has 0 saturated heterocycles.